The molecule has 0 saturated heterocycles. The molecular formula is C19H23FN2. The first-order valence-electron chi connectivity index (χ1n) is 7.71. The van der Waals surface area contributed by atoms with E-state index in [1.807, 2.05) is 6.07 Å². The van der Waals surface area contributed by atoms with E-state index in [-0.39, 0.29) is 17.3 Å². The van der Waals surface area contributed by atoms with E-state index in [1.54, 1.807) is 6.07 Å². The lowest BCUT2D eigenvalue weighted by Gasteiger charge is -2.39. The number of nitrogens with zero attached hydrogens (tertiary/aromatic N) is 1. The van der Waals surface area contributed by atoms with Gasteiger partial charge >= 0.3 is 0 Å². The van der Waals surface area contributed by atoms with Gasteiger partial charge in [0.25, 0.3) is 0 Å². The van der Waals surface area contributed by atoms with Crippen LogP contribution in [0.5, 0.6) is 0 Å². The quantitative estimate of drug-likeness (QED) is 0.862. The summed E-state index contributed by atoms with van der Waals surface area (Å²) in [6, 6.07) is 13.9. The highest BCUT2D eigenvalue weighted by molar-refractivity contribution is 5.59. The Morgan fingerprint density at radius 3 is 2.64 bits per heavy atom. The Bertz CT molecular complexity index is 692. The van der Waals surface area contributed by atoms with Crippen LogP contribution in [0, 0.1) is 5.82 Å². The van der Waals surface area contributed by atoms with Gasteiger partial charge < -0.3 is 10.2 Å². The van der Waals surface area contributed by atoms with Gasteiger partial charge in [-0.05, 0) is 53.3 Å². The molecule has 0 bridgehead atoms. The topological polar surface area (TPSA) is 15.3 Å². The number of hydrogen-bond acceptors (Lipinski definition) is 2. The summed E-state index contributed by atoms with van der Waals surface area (Å²) in [6.45, 7) is 4.38. The van der Waals surface area contributed by atoms with Crippen LogP contribution in [0.4, 0.5) is 15.8 Å². The summed E-state index contributed by atoms with van der Waals surface area (Å²) in [4.78, 5) is 2.11. The number of rotatable bonds is 2. The molecule has 116 valence electrons. The van der Waals surface area contributed by atoms with Crippen molar-refractivity contribution >= 4 is 11.4 Å². The van der Waals surface area contributed by atoms with Gasteiger partial charge in [-0.25, -0.2) is 4.39 Å². The second kappa shape index (κ2) is 5.31. The molecule has 2 aromatic carbocycles. The molecule has 0 fully saturated rings. The van der Waals surface area contributed by atoms with Gasteiger partial charge in [0.15, 0.2) is 0 Å². The molecule has 0 spiro atoms. The lowest BCUT2D eigenvalue weighted by Crippen LogP contribution is -2.31. The van der Waals surface area contributed by atoms with Crippen molar-refractivity contribution in [2.24, 2.45) is 0 Å². The predicted molar refractivity (Wildman–Crippen MR) is 91.2 cm³/mol. The third-order valence-corrected chi connectivity index (χ3v) is 4.54. The highest BCUT2D eigenvalue weighted by Gasteiger charge is 2.33. The normalized spacial score (nSPS) is 19.2. The first-order valence-corrected chi connectivity index (χ1v) is 7.71. The third kappa shape index (κ3) is 2.68. The van der Waals surface area contributed by atoms with Gasteiger partial charge in [0, 0.05) is 25.5 Å². The Hall–Kier alpha value is -2.03. The molecule has 1 unspecified atom stereocenters. The van der Waals surface area contributed by atoms with Crippen molar-refractivity contribution in [3.8, 4) is 0 Å². The minimum atomic E-state index is -0.165. The minimum absolute atomic E-state index is 0.0541. The summed E-state index contributed by atoms with van der Waals surface area (Å²) in [5, 5.41) is 3.58. The van der Waals surface area contributed by atoms with Gasteiger partial charge in [0.1, 0.15) is 5.82 Å². The highest BCUT2D eigenvalue weighted by atomic mass is 19.1. The zero-order valence-corrected chi connectivity index (χ0v) is 13.7. The molecular weight excluding hydrogens is 275 g/mol. The van der Waals surface area contributed by atoms with Gasteiger partial charge in [0.05, 0.1) is 6.04 Å². The molecule has 0 amide bonds. The summed E-state index contributed by atoms with van der Waals surface area (Å²) < 4.78 is 13.6. The molecule has 3 heteroatoms. The van der Waals surface area contributed by atoms with Crippen molar-refractivity contribution in [2.75, 3.05) is 24.3 Å². The molecule has 2 aromatic rings. The number of nitrogens with one attached hydrogen (secondary N) is 1. The van der Waals surface area contributed by atoms with Gasteiger partial charge in [-0.15, -0.1) is 0 Å². The Labute approximate surface area is 132 Å². The number of fused-ring (bicyclic) bond motifs is 1. The second-order valence-corrected chi connectivity index (χ2v) is 6.96. The van der Waals surface area contributed by atoms with Crippen molar-refractivity contribution in [3.05, 3.63) is 59.4 Å². The van der Waals surface area contributed by atoms with Crippen molar-refractivity contribution in [3.63, 3.8) is 0 Å². The van der Waals surface area contributed by atoms with E-state index < -0.39 is 0 Å². The van der Waals surface area contributed by atoms with Crippen molar-refractivity contribution in [2.45, 2.75) is 31.7 Å². The standard InChI is InChI=1S/C19H23FN2/c1-19(2)12-18(13-6-5-7-15(10-13)22(3)4)21-17-9-8-14(20)11-16(17)19/h5-11,18,21H,12H2,1-4H3. The maximum atomic E-state index is 13.6. The van der Waals surface area contributed by atoms with E-state index in [1.165, 1.54) is 17.3 Å². The Kier molecular flexibility index (Phi) is 3.59. The Morgan fingerprint density at radius 1 is 1.14 bits per heavy atom. The molecule has 2 nitrogen and oxygen atoms in total. The lowest BCUT2D eigenvalue weighted by atomic mass is 9.74. The Balaban J connectivity index is 1.98. The molecule has 0 saturated carbocycles. The summed E-state index contributed by atoms with van der Waals surface area (Å²) in [6.07, 6.45) is 0.945. The molecule has 0 radical (unpaired) electrons. The van der Waals surface area contributed by atoms with Crippen molar-refractivity contribution < 1.29 is 4.39 Å². The molecule has 22 heavy (non-hydrogen) atoms. The van der Waals surface area contributed by atoms with Crippen LogP contribution in [0.15, 0.2) is 42.5 Å². The van der Waals surface area contributed by atoms with E-state index in [2.05, 4.69) is 62.4 Å². The van der Waals surface area contributed by atoms with E-state index in [0.717, 1.165) is 17.7 Å². The average Bonchev–Trinajstić information content (AvgIpc) is 2.47. The zero-order chi connectivity index (χ0) is 15.9. The average molecular weight is 298 g/mol. The number of anilines is 2. The van der Waals surface area contributed by atoms with E-state index in [9.17, 15) is 4.39 Å². The van der Waals surface area contributed by atoms with Gasteiger partial charge in [-0.1, -0.05) is 26.0 Å². The molecule has 1 aliphatic rings. The van der Waals surface area contributed by atoms with Gasteiger partial charge in [-0.2, -0.15) is 0 Å². The SMILES string of the molecule is CN(C)c1cccc(C2CC(C)(C)c3cc(F)ccc3N2)c1. The molecule has 1 heterocycles. The molecule has 0 aliphatic carbocycles. The molecule has 1 aliphatic heterocycles. The van der Waals surface area contributed by atoms with Crippen molar-refractivity contribution in [1.82, 2.24) is 0 Å². The maximum Gasteiger partial charge on any atom is 0.123 e. The van der Waals surface area contributed by atoms with Crippen LogP contribution in [0.1, 0.15) is 37.4 Å². The molecule has 3 rings (SSSR count). The van der Waals surface area contributed by atoms with Crippen LogP contribution < -0.4 is 10.2 Å². The maximum absolute atomic E-state index is 13.6. The van der Waals surface area contributed by atoms with E-state index in [4.69, 9.17) is 0 Å². The fraction of sp³-hybridized carbons (Fsp3) is 0.368. The molecule has 0 aromatic heterocycles. The van der Waals surface area contributed by atoms with Crippen LogP contribution in [0.25, 0.3) is 0 Å². The first-order chi connectivity index (χ1) is 10.4. The predicted octanol–water partition coefficient (Wildman–Crippen LogP) is 4.73. The van der Waals surface area contributed by atoms with E-state index in [0.29, 0.717) is 0 Å². The summed E-state index contributed by atoms with van der Waals surface area (Å²) in [5.74, 6) is -0.165. The zero-order valence-electron chi connectivity index (χ0n) is 13.7. The number of halogens is 1. The lowest BCUT2D eigenvalue weighted by molar-refractivity contribution is 0.424. The number of hydrogen-bond donors (Lipinski definition) is 1. The summed E-state index contributed by atoms with van der Waals surface area (Å²) in [5.41, 5.74) is 4.52. The van der Waals surface area contributed by atoms with Crippen molar-refractivity contribution in [1.29, 1.82) is 0 Å². The monoisotopic (exact) mass is 298 g/mol. The van der Waals surface area contributed by atoms with Crippen LogP contribution in [0.2, 0.25) is 0 Å². The minimum Gasteiger partial charge on any atom is -0.378 e. The fourth-order valence-corrected chi connectivity index (χ4v) is 3.28. The molecule has 1 N–H and O–H groups in total. The highest BCUT2D eigenvalue weighted by Crippen LogP contribution is 2.44. The first kappa shape index (κ1) is 14.9. The summed E-state index contributed by atoms with van der Waals surface area (Å²) >= 11 is 0. The summed E-state index contributed by atoms with van der Waals surface area (Å²) in [7, 11) is 4.10. The van der Waals surface area contributed by atoms with E-state index >= 15 is 0 Å². The van der Waals surface area contributed by atoms with Gasteiger partial charge in [0.2, 0.25) is 0 Å². The fourth-order valence-electron chi connectivity index (χ4n) is 3.28. The third-order valence-electron chi connectivity index (χ3n) is 4.54. The van der Waals surface area contributed by atoms with Crippen LogP contribution in [-0.4, -0.2) is 14.1 Å². The smallest absolute Gasteiger partial charge is 0.123 e. The van der Waals surface area contributed by atoms with Crippen LogP contribution in [-0.2, 0) is 5.41 Å². The van der Waals surface area contributed by atoms with Crippen LogP contribution in [0.3, 0.4) is 0 Å². The van der Waals surface area contributed by atoms with Crippen LogP contribution >= 0.6 is 0 Å². The second-order valence-electron chi connectivity index (χ2n) is 6.96. The largest absolute Gasteiger partial charge is 0.378 e. The molecule has 1 atom stereocenters. The van der Waals surface area contributed by atoms with Gasteiger partial charge in [-0.3, -0.25) is 0 Å². The Morgan fingerprint density at radius 2 is 1.91 bits per heavy atom. The number of benzene rings is 2.